The summed E-state index contributed by atoms with van der Waals surface area (Å²) < 4.78 is 50.2. The minimum absolute atomic E-state index is 0.457. The number of carbonyl (C=O) groups excluding carboxylic acids is 1. The van der Waals surface area contributed by atoms with Crippen molar-refractivity contribution in [3.63, 3.8) is 0 Å². The number of carbonyl (C=O) groups is 1. The van der Waals surface area contributed by atoms with Gasteiger partial charge in [-0.3, -0.25) is 4.55 Å². The summed E-state index contributed by atoms with van der Waals surface area (Å²) in [5, 5.41) is -3.38. The van der Waals surface area contributed by atoms with E-state index in [0.29, 0.717) is 12.8 Å². The zero-order chi connectivity index (χ0) is 14.0. The molecule has 7 heteroatoms. The maximum absolute atomic E-state index is 14.3. The number of ether oxygens (including phenoxy) is 1. The fraction of sp³-hybridized carbons (Fsp3) is 0.909. The number of alkyl halides is 1. The van der Waals surface area contributed by atoms with Crippen molar-refractivity contribution in [1.29, 1.82) is 0 Å². The van der Waals surface area contributed by atoms with E-state index in [9.17, 15) is 17.6 Å². The van der Waals surface area contributed by atoms with Gasteiger partial charge in [0.1, 0.15) is 6.10 Å². The van der Waals surface area contributed by atoms with E-state index in [0.717, 1.165) is 19.3 Å². The lowest BCUT2D eigenvalue weighted by atomic mass is 9.97. The normalized spacial score (nSPS) is 21.6. The average Bonchev–Trinajstić information content (AvgIpc) is 2.27. The summed E-state index contributed by atoms with van der Waals surface area (Å²) in [6, 6.07) is 0. The molecule has 1 aliphatic rings. The highest BCUT2D eigenvalue weighted by Crippen LogP contribution is 2.31. The predicted molar refractivity (Wildman–Crippen MR) is 63.2 cm³/mol. The van der Waals surface area contributed by atoms with Crippen LogP contribution in [-0.4, -0.2) is 30.0 Å². The van der Waals surface area contributed by atoms with Gasteiger partial charge in [-0.2, -0.15) is 8.42 Å². The Hall–Kier alpha value is -0.690. The second-order valence-corrected chi connectivity index (χ2v) is 6.48. The summed E-state index contributed by atoms with van der Waals surface area (Å²) in [6.07, 6.45) is 3.51. The minimum atomic E-state index is -5.15. The van der Waals surface area contributed by atoms with Crippen LogP contribution in [0.1, 0.15) is 46.0 Å². The summed E-state index contributed by atoms with van der Waals surface area (Å²) in [7, 11) is -5.15. The van der Waals surface area contributed by atoms with Gasteiger partial charge in [0.15, 0.2) is 0 Å². The number of hydrogen-bond acceptors (Lipinski definition) is 4. The molecule has 0 heterocycles. The number of esters is 1. The molecule has 1 saturated carbocycles. The smallest absolute Gasteiger partial charge is 0.363 e. The van der Waals surface area contributed by atoms with Gasteiger partial charge in [0.2, 0.25) is 0 Å². The Balaban J connectivity index is 2.84. The van der Waals surface area contributed by atoms with Gasteiger partial charge >= 0.3 is 21.1 Å². The lowest BCUT2D eigenvalue weighted by Crippen LogP contribution is -2.48. The van der Waals surface area contributed by atoms with Crippen LogP contribution in [0.2, 0.25) is 0 Å². The third-order valence-corrected chi connectivity index (χ3v) is 4.61. The Morgan fingerprint density at radius 2 is 1.83 bits per heavy atom. The van der Waals surface area contributed by atoms with Crippen molar-refractivity contribution >= 4 is 16.1 Å². The van der Waals surface area contributed by atoms with Gasteiger partial charge in [0, 0.05) is 5.92 Å². The summed E-state index contributed by atoms with van der Waals surface area (Å²) in [5.41, 5.74) is 0. The largest absolute Gasteiger partial charge is 0.459 e. The van der Waals surface area contributed by atoms with Crippen molar-refractivity contribution in [3.05, 3.63) is 0 Å². The molecular weight excluding hydrogens is 263 g/mol. The topological polar surface area (TPSA) is 80.7 Å². The molecule has 1 aliphatic carbocycles. The molecule has 0 bridgehead atoms. The summed E-state index contributed by atoms with van der Waals surface area (Å²) in [5.74, 6) is -2.73. The van der Waals surface area contributed by atoms with E-state index >= 15 is 0 Å². The van der Waals surface area contributed by atoms with Crippen molar-refractivity contribution in [1.82, 2.24) is 0 Å². The van der Waals surface area contributed by atoms with Crippen molar-refractivity contribution in [2.75, 3.05) is 0 Å². The van der Waals surface area contributed by atoms with Gasteiger partial charge < -0.3 is 4.74 Å². The van der Waals surface area contributed by atoms with Gasteiger partial charge in [-0.1, -0.05) is 20.3 Å². The quantitative estimate of drug-likeness (QED) is 0.630. The molecule has 18 heavy (non-hydrogen) atoms. The first kappa shape index (κ1) is 15.4. The van der Waals surface area contributed by atoms with E-state index in [1.807, 2.05) is 0 Å². The van der Waals surface area contributed by atoms with E-state index < -0.39 is 33.1 Å². The van der Waals surface area contributed by atoms with Crippen molar-refractivity contribution in [3.8, 4) is 0 Å². The van der Waals surface area contributed by atoms with E-state index in [1.54, 1.807) is 0 Å². The lowest BCUT2D eigenvalue weighted by Gasteiger charge is -2.28. The lowest BCUT2D eigenvalue weighted by molar-refractivity contribution is -0.161. The molecule has 0 spiro atoms. The molecule has 0 aromatic heterocycles. The molecule has 0 aromatic rings. The summed E-state index contributed by atoms with van der Waals surface area (Å²) in [4.78, 5) is 11.7. The Morgan fingerprint density at radius 1 is 1.33 bits per heavy atom. The van der Waals surface area contributed by atoms with Crippen molar-refractivity contribution in [2.45, 2.75) is 57.1 Å². The zero-order valence-electron chi connectivity index (χ0n) is 10.6. The van der Waals surface area contributed by atoms with E-state index in [4.69, 9.17) is 9.29 Å². The first-order valence-electron chi connectivity index (χ1n) is 6.06. The van der Waals surface area contributed by atoms with Gasteiger partial charge in [-0.25, -0.2) is 9.18 Å². The van der Waals surface area contributed by atoms with Gasteiger partial charge in [-0.05, 0) is 25.7 Å². The monoisotopic (exact) mass is 282 g/mol. The third-order valence-electron chi connectivity index (χ3n) is 3.22. The molecule has 1 unspecified atom stereocenters. The fourth-order valence-electron chi connectivity index (χ4n) is 2.05. The van der Waals surface area contributed by atoms with Crippen LogP contribution < -0.4 is 0 Å². The fourth-order valence-corrected chi connectivity index (χ4v) is 2.91. The molecule has 106 valence electrons. The second-order valence-electron chi connectivity index (χ2n) is 4.94. The predicted octanol–water partition coefficient (Wildman–Crippen LogP) is 2.07. The zero-order valence-corrected chi connectivity index (χ0v) is 11.4. The molecule has 5 nitrogen and oxygen atoms in total. The molecule has 0 aliphatic heterocycles. The molecule has 1 rings (SSSR count). The van der Waals surface area contributed by atoms with Crippen LogP contribution in [0.4, 0.5) is 4.39 Å². The molecule has 0 amide bonds. The number of rotatable bonds is 4. The second kappa shape index (κ2) is 5.52. The highest BCUT2D eigenvalue weighted by atomic mass is 32.2. The van der Waals surface area contributed by atoms with Crippen LogP contribution in [0.3, 0.4) is 0 Å². The van der Waals surface area contributed by atoms with E-state index in [2.05, 4.69) is 0 Å². The highest BCUT2D eigenvalue weighted by molar-refractivity contribution is 7.87. The van der Waals surface area contributed by atoms with Crippen LogP contribution in [0.25, 0.3) is 0 Å². The van der Waals surface area contributed by atoms with Crippen LogP contribution in [-0.2, 0) is 19.6 Å². The maximum atomic E-state index is 14.3. The summed E-state index contributed by atoms with van der Waals surface area (Å²) >= 11 is 0. The first-order valence-corrected chi connectivity index (χ1v) is 7.50. The van der Waals surface area contributed by atoms with Gasteiger partial charge in [0.25, 0.3) is 0 Å². The number of halogens is 1. The molecule has 1 atom stereocenters. The Morgan fingerprint density at radius 3 is 2.22 bits per heavy atom. The average molecular weight is 282 g/mol. The molecule has 1 fully saturated rings. The van der Waals surface area contributed by atoms with E-state index in [1.165, 1.54) is 13.8 Å². The maximum Gasteiger partial charge on any atom is 0.363 e. The van der Waals surface area contributed by atoms with Crippen LogP contribution in [0, 0.1) is 5.92 Å². The standard InChI is InChI=1S/C11H19FO5S/c1-8(2)11(12,18(14,15)16)10(13)17-9-6-4-3-5-7-9/h8-9H,3-7H2,1-2H3,(H,14,15,16). The van der Waals surface area contributed by atoms with E-state index in [-0.39, 0.29) is 0 Å². The van der Waals surface area contributed by atoms with Gasteiger partial charge in [-0.15, -0.1) is 0 Å². The third kappa shape index (κ3) is 3.00. The SMILES string of the molecule is CC(C)C(F)(C(=O)OC1CCCCC1)S(=O)(=O)O. The van der Waals surface area contributed by atoms with Gasteiger partial charge in [0.05, 0.1) is 0 Å². The van der Waals surface area contributed by atoms with Crippen LogP contribution >= 0.6 is 0 Å². The molecule has 0 aromatic carbocycles. The first-order chi connectivity index (χ1) is 8.19. The Labute approximate surface area is 106 Å². The van der Waals surface area contributed by atoms with Crippen molar-refractivity contribution < 1.29 is 26.9 Å². The number of hydrogen-bond donors (Lipinski definition) is 1. The Bertz CT molecular complexity index is 400. The summed E-state index contributed by atoms with van der Waals surface area (Å²) in [6.45, 7) is 2.41. The molecule has 0 saturated heterocycles. The highest BCUT2D eigenvalue weighted by Gasteiger charge is 2.56. The van der Waals surface area contributed by atoms with Crippen LogP contribution in [0.15, 0.2) is 0 Å². The van der Waals surface area contributed by atoms with Crippen LogP contribution in [0.5, 0.6) is 0 Å². The molecule has 0 radical (unpaired) electrons. The minimum Gasteiger partial charge on any atom is -0.459 e. The Kier molecular flexibility index (Phi) is 4.72. The molecule has 1 N–H and O–H groups in total. The van der Waals surface area contributed by atoms with Crippen molar-refractivity contribution in [2.24, 2.45) is 5.92 Å². The molecular formula is C11H19FO5S.